The number of Topliss-reactive ketones (excluding diaryl/α,β-unsaturated/α-hetero) is 1. The number of hydrazine groups is 1. The fraction of sp³-hybridized carbons (Fsp3) is 0.316. The van der Waals surface area contributed by atoms with Crippen LogP contribution < -0.4 is 15.6 Å². The molecule has 0 aliphatic heterocycles. The van der Waals surface area contributed by atoms with Crippen LogP contribution in [-0.2, 0) is 9.59 Å². The van der Waals surface area contributed by atoms with Crippen molar-refractivity contribution in [1.82, 2.24) is 10.9 Å². The number of carbonyl (C=O) groups is 3. The Morgan fingerprint density at radius 1 is 1.15 bits per heavy atom. The molecule has 0 radical (unpaired) electrons. The molecule has 0 aliphatic carbocycles. The average Bonchev–Trinajstić information content (AvgIpc) is 3.15. The van der Waals surface area contributed by atoms with E-state index in [4.69, 9.17) is 16.3 Å². The Balaban J connectivity index is 1.79. The third-order valence-electron chi connectivity index (χ3n) is 3.79. The van der Waals surface area contributed by atoms with Gasteiger partial charge in [-0.1, -0.05) is 17.7 Å². The highest BCUT2D eigenvalue weighted by Gasteiger charge is 2.18. The number of ether oxygens (including phenoxy) is 1. The van der Waals surface area contributed by atoms with Crippen LogP contribution in [0.3, 0.4) is 0 Å². The van der Waals surface area contributed by atoms with Crippen LogP contribution in [0, 0.1) is 13.8 Å². The molecule has 1 unspecified atom stereocenters. The number of thiophene rings is 1. The fourth-order valence-corrected chi connectivity index (χ4v) is 3.42. The molecule has 27 heavy (non-hydrogen) atoms. The molecule has 2 aromatic rings. The SMILES string of the molecule is Cc1cc(Cl)cc(C)c1OC(C)C(=O)NNC(=O)CCC(=O)c1cccs1. The molecule has 0 bridgehead atoms. The van der Waals surface area contributed by atoms with Crippen molar-refractivity contribution in [2.45, 2.75) is 39.7 Å². The van der Waals surface area contributed by atoms with Crippen LogP contribution in [-0.4, -0.2) is 23.7 Å². The van der Waals surface area contributed by atoms with E-state index in [9.17, 15) is 14.4 Å². The van der Waals surface area contributed by atoms with Crippen LogP contribution in [0.1, 0.15) is 40.6 Å². The Morgan fingerprint density at radius 2 is 1.81 bits per heavy atom. The number of ketones is 1. The highest BCUT2D eigenvalue weighted by molar-refractivity contribution is 7.12. The number of nitrogens with one attached hydrogen (secondary N) is 2. The number of rotatable bonds is 7. The van der Waals surface area contributed by atoms with Crippen molar-refractivity contribution in [3.63, 3.8) is 0 Å². The molecule has 1 aromatic carbocycles. The number of halogens is 1. The molecule has 1 heterocycles. The van der Waals surface area contributed by atoms with E-state index in [-0.39, 0.29) is 18.6 Å². The van der Waals surface area contributed by atoms with Crippen LogP contribution >= 0.6 is 22.9 Å². The molecule has 0 fully saturated rings. The van der Waals surface area contributed by atoms with Crippen LogP contribution in [0.15, 0.2) is 29.6 Å². The summed E-state index contributed by atoms with van der Waals surface area (Å²) in [6.07, 6.45) is -0.754. The lowest BCUT2D eigenvalue weighted by Crippen LogP contribution is -2.47. The quantitative estimate of drug-likeness (QED) is 0.541. The molecular weight excluding hydrogens is 388 g/mol. The highest BCUT2D eigenvalue weighted by Crippen LogP contribution is 2.27. The number of hydrogen-bond acceptors (Lipinski definition) is 5. The second kappa shape index (κ2) is 9.53. The van der Waals surface area contributed by atoms with Gasteiger partial charge in [0, 0.05) is 17.9 Å². The topological polar surface area (TPSA) is 84.5 Å². The third kappa shape index (κ3) is 6.08. The summed E-state index contributed by atoms with van der Waals surface area (Å²) >= 11 is 7.32. The van der Waals surface area contributed by atoms with Gasteiger partial charge in [0.15, 0.2) is 11.9 Å². The second-order valence-electron chi connectivity index (χ2n) is 6.07. The van der Waals surface area contributed by atoms with Gasteiger partial charge < -0.3 is 4.74 Å². The zero-order valence-electron chi connectivity index (χ0n) is 15.3. The molecule has 0 saturated carbocycles. The van der Waals surface area contributed by atoms with Gasteiger partial charge in [0.05, 0.1) is 4.88 Å². The first-order valence-corrected chi connectivity index (χ1v) is 9.62. The van der Waals surface area contributed by atoms with Gasteiger partial charge in [-0.3, -0.25) is 25.2 Å². The Labute approximate surface area is 166 Å². The Kier molecular flexibility index (Phi) is 7.38. The Morgan fingerprint density at radius 3 is 2.41 bits per heavy atom. The van der Waals surface area contributed by atoms with Gasteiger partial charge in [0.2, 0.25) is 5.91 Å². The largest absolute Gasteiger partial charge is 0.480 e. The first-order valence-electron chi connectivity index (χ1n) is 8.36. The van der Waals surface area contributed by atoms with Crippen molar-refractivity contribution in [3.8, 4) is 5.75 Å². The van der Waals surface area contributed by atoms with Gasteiger partial charge in [0.1, 0.15) is 5.75 Å². The molecule has 2 amide bonds. The van der Waals surface area contributed by atoms with Gasteiger partial charge in [-0.05, 0) is 55.5 Å². The smallest absolute Gasteiger partial charge is 0.279 e. The van der Waals surface area contributed by atoms with Crippen LogP contribution in [0.4, 0.5) is 0 Å². The predicted octanol–water partition coefficient (Wildman–Crippen LogP) is 3.60. The van der Waals surface area contributed by atoms with E-state index in [1.165, 1.54) is 11.3 Å². The maximum absolute atomic E-state index is 12.1. The summed E-state index contributed by atoms with van der Waals surface area (Å²) in [6, 6.07) is 7.00. The van der Waals surface area contributed by atoms with Crippen LogP contribution in [0.2, 0.25) is 5.02 Å². The average molecular weight is 409 g/mol. The molecule has 0 aliphatic rings. The summed E-state index contributed by atoms with van der Waals surface area (Å²) in [5.41, 5.74) is 6.24. The first-order chi connectivity index (χ1) is 12.8. The molecule has 1 atom stereocenters. The summed E-state index contributed by atoms with van der Waals surface area (Å²) in [5, 5.41) is 2.40. The van der Waals surface area contributed by atoms with Crippen LogP contribution in [0.25, 0.3) is 0 Å². The standard InChI is InChI=1S/C19H21ClN2O4S/c1-11-9-14(20)10-12(2)18(11)26-13(3)19(25)22-21-17(24)7-6-15(23)16-5-4-8-27-16/h4-5,8-10,13H,6-7H2,1-3H3,(H,21,24)(H,22,25). The van der Waals surface area contributed by atoms with Crippen molar-refractivity contribution >= 4 is 40.5 Å². The van der Waals surface area contributed by atoms with E-state index < -0.39 is 17.9 Å². The summed E-state index contributed by atoms with van der Waals surface area (Å²) in [7, 11) is 0. The normalized spacial score (nSPS) is 11.6. The molecule has 6 nitrogen and oxygen atoms in total. The minimum Gasteiger partial charge on any atom is -0.480 e. The number of benzene rings is 1. The Bertz CT molecular complexity index is 813. The molecule has 144 valence electrons. The van der Waals surface area contributed by atoms with Crippen molar-refractivity contribution in [1.29, 1.82) is 0 Å². The molecule has 2 rings (SSSR count). The predicted molar refractivity (Wildman–Crippen MR) is 105 cm³/mol. The number of carbonyl (C=O) groups excluding carboxylic acids is 3. The minimum atomic E-state index is -0.823. The molecule has 1 aromatic heterocycles. The van der Waals surface area contributed by atoms with Gasteiger partial charge in [0.25, 0.3) is 5.91 Å². The van der Waals surface area contributed by atoms with Crippen LogP contribution in [0.5, 0.6) is 5.75 Å². The van der Waals surface area contributed by atoms with E-state index in [0.717, 1.165) is 11.1 Å². The second-order valence-corrected chi connectivity index (χ2v) is 7.45. The zero-order valence-corrected chi connectivity index (χ0v) is 16.9. The summed E-state index contributed by atoms with van der Waals surface area (Å²) in [4.78, 5) is 36.4. The molecular formula is C19H21ClN2O4S. The zero-order chi connectivity index (χ0) is 20.0. The number of amides is 2. The third-order valence-corrected chi connectivity index (χ3v) is 4.92. The number of hydrogen-bond donors (Lipinski definition) is 2. The monoisotopic (exact) mass is 408 g/mol. The van der Waals surface area contributed by atoms with Gasteiger partial charge in [-0.2, -0.15) is 0 Å². The summed E-state index contributed by atoms with van der Waals surface area (Å²) < 4.78 is 5.70. The highest BCUT2D eigenvalue weighted by atomic mass is 35.5. The van der Waals surface area contributed by atoms with E-state index >= 15 is 0 Å². The van der Waals surface area contributed by atoms with Gasteiger partial charge in [-0.15, -0.1) is 11.3 Å². The summed E-state index contributed by atoms with van der Waals surface area (Å²) in [5.74, 6) is -0.465. The van der Waals surface area contributed by atoms with E-state index in [0.29, 0.717) is 15.6 Å². The minimum absolute atomic E-state index is 0.0122. The van der Waals surface area contributed by atoms with E-state index in [2.05, 4.69) is 10.9 Å². The number of aryl methyl sites for hydroxylation is 2. The lowest BCUT2D eigenvalue weighted by Gasteiger charge is -2.18. The maximum Gasteiger partial charge on any atom is 0.279 e. The van der Waals surface area contributed by atoms with E-state index in [1.54, 1.807) is 36.6 Å². The maximum atomic E-state index is 12.1. The van der Waals surface area contributed by atoms with Crippen molar-refractivity contribution in [2.24, 2.45) is 0 Å². The molecule has 0 spiro atoms. The van der Waals surface area contributed by atoms with Gasteiger partial charge in [-0.25, -0.2) is 0 Å². The van der Waals surface area contributed by atoms with Crippen molar-refractivity contribution in [2.75, 3.05) is 0 Å². The van der Waals surface area contributed by atoms with Gasteiger partial charge >= 0.3 is 0 Å². The molecule has 2 N–H and O–H groups in total. The lowest BCUT2D eigenvalue weighted by molar-refractivity contribution is -0.132. The lowest BCUT2D eigenvalue weighted by atomic mass is 10.1. The fourth-order valence-electron chi connectivity index (χ4n) is 2.40. The first kappa shape index (κ1) is 20.9. The Hall–Kier alpha value is -2.38. The molecule has 0 saturated heterocycles. The van der Waals surface area contributed by atoms with Crippen molar-refractivity contribution in [3.05, 3.63) is 50.7 Å². The van der Waals surface area contributed by atoms with Crippen molar-refractivity contribution < 1.29 is 19.1 Å². The molecule has 8 heteroatoms. The summed E-state index contributed by atoms with van der Waals surface area (Å²) in [6.45, 7) is 5.26. The van der Waals surface area contributed by atoms with E-state index in [1.807, 2.05) is 13.8 Å².